The number of fused-ring (bicyclic) bond motifs is 1. The summed E-state index contributed by atoms with van der Waals surface area (Å²) >= 11 is 0. The molecule has 1 aromatic rings. The van der Waals surface area contributed by atoms with Gasteiger partial charge in [-0.2, -0.15) is 5.10 Å². The number of anilines is 2. The topological polar surface area (TPSA) is 41.9 Å². The normalized spacial score (nSPS) is 20.2. The summed E-state index contributed by atoms with van der Waals surface area (Å²) in [6.07, 6.45) is 1.14. The van der Waals surface area contributed by atoms with Crippen molar-refractivity contribution in [2.24, 2.45) is 5.41 Å². The molecule has 0 spiro atoms. The fourth-order valence-electron chi connectivity index (χ4n) is 2.40. The van der Waals surface area contributed by atoms with E-state index in [-0.39, 0.29) is 5.41 Å². The maximum absolute atomic E-state index is 4.56. The lowest BCUT2D eigenvalue weighted by atomic mass is 9.85. The van der Waals surface area contributed by atoms with Crippen molar-refractivity contribution < 1.29 is 0 Å². The first kappa shape index (κ1) is 12.3. The van der Waals surface area contributed by atoms with E-state index < -0.39 is 0 Å². The summed E-state index contributed by atoms with van der Waals surface area (Å²) in [6.45, 7) is 13.0. The number of nitrogens with zero attached hydrogens (tertiary/aromatic N) is 2. The minimum atomic E-state index is 0.264. The van der Waals surface area contributed by atoms with Crippen LogP contribution in [0.1, 0.15) is 39.8 Å². The molecule has 1 aliphatic heterocycles. The van der Waals surface area contributed by atoms with Gasteiger partial charge in [-0.1, -0.05) is 20.8 Å². The average molecular weight is 236 g/mol. The van der Waals surface area contributed by atoms with Crippen molar-refractivity contribution >= 4 is 11.5 Å². The number of hydrogen-bond donors (Lipinski definition) is 2. The van der Waals surface area contributed by atoms with Crippen LogP contribution in [0.25, 0.3) is 0 Å². The Labute approximate surface area is 104 Å². The van der Waals surface area contributed by atoms with E-state index in [0.717, 1.165) is 31.0 Å². The van der Waals surface area contributed by atoms with Gasteiger partial charge in [0.05, 0.1) is 5.69 Å². The zero-order chi connectivity index (χ0) is 12.6. The van der Waals surface area contributed by atoms with Crippen LogP contribution in [-0.2, 0) is 6.54 Å². The molecule has 4 nitrogen and oxygen atoms in total. The molecule has 0 aromatic carbocycles. The molecule has 0 aliphatic carbocycles. The van der Waals surface area contributed by atoms with Crippen molar-refractivity contribution in [2.45, 2.75) is 53.6 Å². The Kier molecular flexibility index (Phi) is 3.06. The third kappa shape index (κ3) is 2.26. The molecule has 17 heavy (non-hydrogen) atoms. The SMILES string of the molecule is CCn1nc(C)c2c1NC(C(C)(C)C)CCN2. The van der Waals surface area contributed by atoms with E-state index in [0.29, 0.717) is 6.04 Å². The molecule has 0 fully saturated rings. The molecule has 1 unspecified atom stereocenters. The molecular formula is C13H24N4. The Morgan fingerprint density at radius 3 is 2.71 bits per heavy atom. The fraction of sp³-hybridized carbons (Fsp3) is 0.769. The number of aromatic nitrogens is 2. The first-order valence-electron chi connectivity index (χ1n) is 6.51. The van der Waals surface area contributed by atoms with Gasteiger partial charge in [-0.3, -0.25) is 0 Å². The molecule has 0 saturated carbocycles. The smallest absolute Gasteiger partial charge is 0.148 e. The number of rotatable bonds is 1. The van der Waals surface area contributed by atoms with Gasteiger partial charge in [0, 0.05) is 19.1 Å². The van der Waals surface area contributed by atoms with Crippen LogP contribution < -0.4 is 10.6 Å². The summed E-state index contributed by atoms with van der Waals surface area (Å²) < 4.78 is 2.06. The highest BCUT2D eigenvalue weighted by Gasteiger charge is 2.29. The van der Waals surface area contributed by atoms with Gasteiger partial charge >= 0.3 is 0 Å². The molecule has 0 radical (unpaired) electrons. The van der Waals surface area contributed by atoms with E-state index in [1.807, 2.05) is 0 Å². The number of hydrogen-bond acceptors (Lipinski definition) is 3. The van der Waals surface area contributed by atoms with Crippen LogP contribution in [0.5, 0.6) is 0 Å². The van der Waals surface area contributed by atoms with Crippen LogP contribution in [0, 0.1) is 12.3 Å². The van der Waals surface area contributed by atoms with Gasteiger partial charge in [-0.25, -0.2) is 4.68 Å². The maximum Gasteiger partial charge on any atom is 0.148 e. The second kappa shape index (κ2) is 4.24. The van der Waals surface area contributed by atoms with E-state index in [4.69, 9.17) is 0 Å². The third-order valence-corrected chi connectivity index (χ3v) is 3.52. The summed E-state index contributed by atoms with van der Waals surface area (Å²) in [5.74, 6) is 1.16. The molecule has 2 N–H and O–H groups in total. The van der Waals surface area contributed by atoms with E-state index in [1.165, 1.54) is 5.69 Å². The van der Waals surface area contributed by atoms with Crippen molar-refractivity contribution in [1.29, 1.82) is 0 Å². The predicted molar refractivity (Wildman–Crippen MR) is 72.6 cm³/mol. The zero-order valence-corrected chi connectivity index (χ0v) is 11.6. The average Bonchev–Trinajstić information content (AvgIpc) is 2.45. The lowest BCUT2D eigenvalue weighted by molar-refractivity contribution is 0.330. The highest BCUT2D eigenvalue weighted by molar-refractivity contribution is 5.69. The van der Waals surface area contributed by atoms with Crippen molar-refractivity contribution in [3.63, 3.8) is 0 Å². The Morgan fingerprint density at radius 2 is 2.12 bits per heavy atom. The fourth-order valence-corrected chi connectivity index (χ4v) is 2.40. The lowest BCUT2D eigenvalue weighted by Gasteiger charge is -2.31. The van der Waals surface area contributed by atoms with E-state index in [9.17, 15) is 0 Å². The zero-order valence-electron chi connectivity index (χ0n) is 11.6. The van der Waals surface area contributed by atoms with E-state index in [2.05, 4.69) is 55.0 Å². The second-order valence-corrected chi connectivity index (χ2v) is 5.90. The van der Waals surface area contributed by atoms with Crippen LogP contribution in [0.4, 0.5) is 11.5 Å². The molecule has 0 amide bonds. The summed E-state index contributed by atoms with van der Waals surface area (Å²) in [4.78, 5) is 0. The molecule has 0 saturated heterocycles. The first-order valence-corrected chi connectivity index (χ1v) is 6.51. The monoisotopic (exact) mass is 236 g/mol. The van der Waals surface area contributed by atoms with Crippen LogP contribution in [-0.4, -0.2) is 22.4 Å². The molecular weight excluding hydrogens is 212 g/mol. The standard InChI is InChI=1S/C13H24N4/c1-6-17-12-11(9(2)16-17)14-8-7-10(15-12)13(3,4)5/h10,14-15H,6-8H2,1-5H3. The van der Waals surface area contributed by atoms with Crippen LogP contribution >= 0.6 is 0 Å². The minimum Gasteiger partial charge on any atom is -0.380 e. The van der Waals surface area contributed by atoms with Gasteiger partial charge in [0.1, 0.15) is 11.5 Å². The minimum absolute atomic E-state index is 0.264. The lowest BCUT2D eigenvalue weighted by Crippen LogP contribution is -2.35. The second-order valence-electron chi connectivity index (χ2n) is 5.90. The predicted octanol–water partition coefficient (Wildman–Crippen LogP) is 2.85. The van der Waals surface area contributed by atoms with Gasteiger partial charge < -0.3 is 10.6 Å². The van der Waals surface area contributed by atoms with Gasteiger partial charge in [-0.05, 0) is 25.7 Å². The molecule has 2 heterocycles. The molecule has 1 aliphatic rings. The number of nitrogens with one attached hydrogen (secondary N) is 2. The van der Waals surface area contributed by atoms with Crippen molar-refractivity contribution in [3.8, 4) is 0 Å². The summed E-state index contributed by atoms with van der Waals surface area (Å²) in [7, 11) is 0. The molecule has 0 bridgehead atoms. The van der Waals surface area contributed by atoms with E-state index in [1.54, 1.807) is 0 Å². The summed E-state index contributed by atoms with van der Waals surface area (Å²) in [6, 6.07) is 0.484. The van der Waals surface area contributed by atoms with Gasteiger partial charge in [0.15, 0.2) is 0 Å². The van der Waals surface area contributed by atoms with Crippen LogP contribution in [0.15, 0.2) is 0 Å². The Bertz CT molecular complexity index is 400. The van der Waals surface area contributed by atoms with Gasteiger partial charge in [0.2, 0.25) is 0 Å². The Morgan fingerprint density at radius 1 is 1.41 bits per heavy atom. The van der Waals surface area contributed by atoms with Crippen LogP contribution in [0.2, 0.25) is 0 Å². The number of aryl methyl sites for hydroxylation is 2. The highest BCUT2D eigenvalue weighted by Crippen LogP contribution is 2.33. The molecule has 4 heteroatoms. The van der Waals surface area contributed by atoms with Crippen molar-refractivity contribution in [3.05, 3.63) is 5.69 Å². The quantitative estimate of drug-likeness (QED) is 0.788. The van der Waals surface area contributed by atoms with Crippen molar-refractivity contribution in [2.75, 3.05) is 17.2 Å². The summed E-state index contributed by atoms with van der Waals surface area (Å²) in [5.41, 5.74) is 2.53. The third-order valence-electron chi connectivity index (χ3n) is 3.52. The first-order chi connectivity index (χ1) is 7.93. The Hall–Kier alpha value is -1.19. The molecule has 1 aromatic heterocycles. The maximum atomic E-state index is 4.56. The van der Waals surface area contributed by atoms with Crippen molar-refractivity contribution in [1.82, 2.24) is 9.78 Å². The van der Waals surface area contributed by atoms with Gasteiger partial charge in [0.25, 0.3) is 0 Å². The van der Waals surface area contributed by atoms with Crippen LogP contribution in [0.3, 0.4) is 0 Å². The highest BCUT2D eigenvalue weighted by atomic mass is 15.4. The largest absolute Gasteiger partial charge is 0.380 e. The summed E-state index contributed by atoms with van der Waals surface area (Å²) in [5, 5.41) is 11.7. The van der Waals surface area contributed by atoms with Gasteiger partial charge in [-0.15, -0.1) is 0 Å². The molecule has 1 atom stereocenters. The molecule has 2 rings (SSSR count). The molecule has 96 valence electrons. The van der Waals surface area contributed by atoms with E-state index >= 15 is 0 Å². The Balaban J connectivity index is 2.36.